The summed E-state index contributed by atoms with van der Waals surface area (Å²) < 4.78 is 0. The molecular formula is C30H33N5. The van der Waals surface area contributed by atoms with E-state index in [4.69, 9.17) is 21.9 Å². The number of benzene rings is 2. The third kappa shape index (κ3) is 7.44. The van der Waals surface area contributed by atoms with E-state index in [1.54, 1.807) is 18.2 Å². The van der Waals surface area contributed by atoms with Gasteiger partial charge in [-0.1, -0.05) is 86.5 Å². The summed E-state index contributed by atoms with van der Waals surface area (Å²) in [5, 5.41) is 10.8. The van der Waals surface area contributed by atoms with Gasteiger partial charge in [0.15, 0.2) is 0 Å². The van der Waals surface area contributed by atoms with Crippen molar-refractivity contribution in [1.29, 1.82) is 5.41 Å². The number of nitrogens with zero attached hydrogens (tertiary/aromatic N) is 1. The molecule has 2 aromatic rings. The van der Waals surface area contributed by atoms with Gasteiger partial charge in [0.2, 0.25) is 0 Å². The van der Waals surface area contributed by atoms with Crippen molar-refractivity contribution in [3.05, 3.63) is 133 Å². The number of nitrogens with one attached hydrogen (secondary N) is 2. The molecule has 0 aliphatic heterocycles. The molecule has 0 unspecified atom stereocenters. The minimum Gasteiger partial charge on any atom is -0.405 e. The number of nitrogens with two attached hydrogens (primary N) is 2. The maximum atomic E-state index is 7.42. The molecule has 0 aliphatic rings. The van der Waals surface area contributed by atoms with Crippen LogP contribution in [0.2, 0.25) is 0 Å². The highest BCUT2D eigenvalue weighted by molar-refractivity contribution is 6.04. The molecule has 0 spiro atoms. The van der Waals surface area contributed by atoms with Crippen molar-refractivity contribution in [1.82, 2.24) is 5.32 Å². The molecule has 35 heavy (non-hydrogen) atoms. The van der Waals surface area contributed by atoms with Gasteiger partial charge in [-0.15, -0.1) is 0 Å². The lowest BCUT2D eigenvalue weighted by Gasteiger charge is -2.18. The van der Waals surface area contributed by atoms with Gasteiger partial charge in [-0.3, -0.25) is 0 Å². The van der Waals surface area contributed by atoms with Crippen LogP contribution < -0.4 is 16.8 Å². The Kier molecular flexibility index (Phi) is 10.5. The second-order valence-corrected chi connectivity index (χ2v) is 7.49. The van der Waals surface area contributed by atoms with E-state index in [0.717, 1.165) is 27.8 Å². The normalized spacial score (nSPS) is 12.7. The third-order valence-electron chi connectivity index (χ3n) is 5.11. The second-order valence-electron chi connectivity index (χ2n) is 7.49. The smallest absolute Gasteiger partial charge is 0.131 e. The van der Waals surface area contributed by atoms with Crippen LogP contribution in [-0.2, 0) is 0 Å². The summed E-state index contributed by atoms with van der Waals surface area (Å²) in [6.07, 6.45) is 13.3. The van der Waals surface area contributed by atoms with E-state index >= 15 is 0 Å². The Hall–Kier alpha value is -4.64. The maximum Gasteiger partial charge on any atom is 0.131 e. The largest absolute Gasteiger partial charge is 0.405 e. The van der Waals surface area contributed by atoms with Crippen molar-refractivity contribution in [2.75, 3.05) is 6.54 Å². The molecule has 0 aliphatic carbocycles. The lowest BCUT2D eigenvalue weighted by molar-refractivity contribution is 0.983. The Bertz CT molecular complexity index is 1220. The first-order valence-electron chi connectivity index (χ1n) is 11.2. The standard InChI is InChI=1S/C30H33N5/c1-5-24(18-20-32)26(6-2)30(33)35-28-17-12-16-27(25-14-8-7-9-15-25)29(28)23(4)34-21-22(3)13-10-11-19-31/h5-20,32,34H,1,3-4,21,31H2,2H3,(H2,33,35)/b13-10-,19-11-,24-18-,26-6+,32-20?. The van der Waals surface area contributed by atoms with E-state index in [1.807, 2.05) is 73.7 Å². The monoisotopic (exact) mass is 463 g/mol. The van der Waals surface area contributed by atoms with Gasteiger partial charge in [-0.2, -0.15) is 0 Å². The zero-order valence-corrected chi connectivity index (χ0v) is 20.2. The quantitative estimate of drug-likeness (QED) is 0.171. The molecule has 0 heterocycles. The summed E-state index contributed by atoms with van der Waals surface area (Å²) in [5.41, 5.74) is 18.3. The second kappa shape index (κ2) is 13.8. The van der Waals surface area contributed by atoms with Crippen LogP contribution in [-0.4, -0.2) is 18.6 Å². The first-order valence-corrected chi connectivity index (χ1v) is 11.2. The van der Waals surface area contributed by atoms with Gasteiger partial charge in [0, 0.05) is 29.6 Å². The minimum absolute atomic E-state index is 0.320. The van der Waals surface area contributed by atoms with Crippen LogP contribution in [0.25, 0.3) is 16.8 Å². The lowest BCUT2D eigenvalue weighted by Crippen LogP contribution is -2.17. The van der Waals surface area contributed by atoms with Crippen molar-refractivity contribution in [2.24, 2.45) is 16.5 Å². The summed E-state index contributed by atoms with van der Waals surface area (Å²) in [7, 11) is 0. The Morgan fingerprint density at radius 1 is 1.09 bits per heavy atom. The van der Waals surface area contributed by atoms with Crippen LogP contribution in [0.5, 0.6) is 0 Å². The first kappa shape index (κ1) is 26.6. The summed E-state index contributed by atoms with van der Waals surface area (Å²) in [4.78, 5) is 4.78. The van der Waals surface area contributed by atoms with Gasteiger partial charge >= 0.3 is 0 Å². The number of hydrogen-bond donors (Lipinski definition) is 4. The van der Waals surface area contributed by atoms with E-state index in [0.29, 0.717) is 29.3 Å². The van der Waals surface area contributed by atoms with E-state index in [2.05, 4.69) is 25.1 Å². The fourth-order valence-corrected chi connectivity index (χ4v) is 3.44. The minimum atomic E-state index is 0.320. The predicted molar refractivity (Wildman–Crippen MR) is 153 cm³/mol. The molecule has 0 amide bonds. The fraction of sp³-hybridized carbons (Fsp3) is 0.0667. The SMILES string of the molecule is C=CC(=C/C=N)/C(=C\C)C(/N)=N/c1cccc(-c2ccccc2)c1C(=C)NCC(=C)/C=C\C=C/N. The summed E-state index contributed by atoms with van der Waals surface area (Å²) in [5.74, 6) is 0.320. The van der Waals surface area contributed by atoms with Crippen molar-refractivity contribution < 1.29 is 0 Å². The molecule has 0 saturated carbocycles. The zero-order chi connectivity index (χ0) is 25.6. The molecule has 5 heteroatoms. The van der Waals surface area contributed by atoms with Gasteiger partial charge in [0.1, 0.15) is 5.84 Å². The molecule has 0 fully saturated rings. The van der Waals surface area contributed by atoms with Gasteiger partial charge in [-0.25, -0.2) is 4.99 Å². The van der Waals surface area contributed by atoms with Crippen LogP contribution in [0.3, 0.4) is 0 Å². The van der Waals surface area contributed by atoms with Gasteiger partial charge in [0.25, 0.3) is 0 Å². The van der Waals surface area contributed by atoms with E-state index in [-0.39, 0.29) is 0 Å². The van der Waals surface area contributed by atoms with Crippen molar-refractivity contribution >= 4 is 23.4 Å². The van der Waals surface area contributed by atoms with Crippen LogP contribution in [0.1, 0.15) is 12.5 Å². The van der Waals surface area contributed by atoms with Gasteiger partial charge in [-0.05, 0) is 53.6 Å². The summed E-state index contributed by atoms with van der Waals surface area (Å²) in [6.45, 7) is 14.6. The van der Waals surface area contributed by atoms with Crippen molar-refractivity contribution in [3.63, 3.8) is 0 Å². The molecule has 6 N–H and O–H groups in total. The van der Waals surface area contributed by atoms with Crippen LogP contribution in [0, 0.1) is 5.41 Å². The number of rotatable bonds is 12. The molecule has 2 aromatic carbocycles. The predicted octanol–water partition coefficient (Wildman–Crippen LogP) is 6.20. The fourth-order valence-electron chi connectivity index (χ4n) is 3.44. The Balaban J connectivity index is 2.56. The van der Waals surface area contributed by atoms with Crippen LogP contribution in [0.15, 0.2) is 133 Å². The molecule has 2 rings (SSSR count). The van der Waals surface area contributed by atoms with Crippen LogP contribution in [0.4, 0.5) is 5.69 Å². The molecule has 0 aromatic heterocycles. The molecule has 0 atom stereocenters. The Morgan fingerprint density at radius 2 is 1.83 bits per heavy atom. The molecule has 178 valence electrons. The van der Waals surface area contributed by atoms with Gasteiger partial charge < -0.3 is 22.2 Å². The number of hydrogen-bond acceptors (Lipinski definition) is 4. The van der Waals surface area contributed by atoms with Crippen LogP contribution >= 0.6 is 0 Å². The zero-order valence-electron chi connectivity index (χ0n) is 20.2. The third-order valence-corrected chi connectivity index (χ3v) is 5.11. The highest BCUT2D eigenvalue weighted by Gasteiger charge is 2.15. The average Bonchev–Trinajstić information content (AvgIpc) is 2.87. The maximum absolute atomic E-state index is 7.42. The molecule has 0 bridgehead atoms. The van der Waals surface area contributed by atoms with E-state index < -0.39 is 0 Å². The highest BCUT2D eigenvalue weighted by atomic mass is 14.9. The number of aliphatic imine (C=N–C) groups is 1. The summed E-state index contributed by atoms with van der Waals surface area (Å²) >= 11 is 0. The molecule has 0 saturated heterocycles. The first-order chi connectivity index (χ1) is 17.0. The molecule has 5 nitrogen and oxygen atoms in total. The lowest BCUT2D eigenvalue weighted by atomic mass is 9.96. The topological polar surface area (TPSA) is 100 Å². The van der Waals surface area contributed by atoms with Gasteiger partial charge in [0.05, 0.1) is 5.69 Å². The summed E-state index contributed by atoms with van der Waals surface area (Å²) in [6, 6.07) is 15.9. The van der Waals surface area contributed by atoms with Crippen molar-refractivity contribution in [3.8, 4) is 11.1 Å². The van der Waals surface area contributed by atoms with Crippen molar-refractivity contribution in [2.45, 2.75) is 6.92 Å². The Labute approximate surface area is 208 Å². The average molecular weight is 464 g/mol. The number of allylic oxidation sites excluding steroid dienone is 5. The van der Waals surface area contributed by atoms with E-state index in [1.165, 1.54) is 12.4 Å². The highest BCUT2D eigenvalue weighted by Crippen LogP contribution is 2.35. The molecule has 0 radical (unpaired) electrons. The molecular weight excluding hydrogens is 430 g/mol. The number of amidine groups is 1. The van der Waals surface area contributed by atoms with E-state index in [9.17, 15) is 0 Å². The Morgan fingerprint density at radius 3 is 2.46 bits per heavy atom.